The Morgan fingerprint density at radius 1 is 1.44 bits per heavy atom. The molecule has 2 nitrogen and oxygen atoms in total. The molecule has 0 unspecified atom stereocenters. The lowest BCUT2D eigenvalue weighted by Gasteiger charge is -2.07. The van der Waals surface area contributed by atoms with Crippen molar-refractivity contribution in [2.75, 3.05) is 13.2 Å². The number of rotatable bonds is 3. The van der Waals surface area contributed by atoms with E-state index in [0.717, 1.165) is 0 Å². The first-order valence-corrected chi connectivity index (χ1v) is 5.41. The van der Waals surface area contributed by atoms with Gasteiger partial charge in [0.1, 0.15) is 11.6 Å². The van der Waals surface area contributed by atoms with Gasteiger partial charge in [-0.05, 0) is 30.9 Å². The lowest BCUT2D eigenvalue weighted by Crippen LogP contribution is -2.01. The molecular weight excluding hydrogens is 205 g/mol. The number of ether oxygens (including phenoxy) is 1. The van der Waals surface area contributed by atoms with Gasteiger partial charge in [-0.25, -0.2) is 4.39 Å². The van der Waals surface area contributed by atoms with Gasteiger partial charge < -0.3 is 10.5 Å². The van der Waals surface area contributed by atoms with E-state index in [1.54, 1.807) is 6.07 Å². The van der Waals surface area contributed by atoms with Crippen molar-refractivity contribution in [3.05, 3.63) is 29.6 Å². The second-order valence-electron chi connectivity index (χ2n) is 3.90. The van der Waals surface area contributed by atoms with E-state index in [4.69, 9.17) is 10.5 Å². The van der Waals surface area contributed by atoms with Gasteiger partial charge in [0.05, 0.1) is 18.7 Å². The molecule has 1 aromatic rings. The fourth-order valence-corrected chi connectivity index (χ4v) is 1.36. The Kier molecular flexibility index (Phi) is 3.43. The first kappa shape index (κ1) is 11.0. The fraction of sp³-hybridized carbons (Fsp3) is 0.385. The van der Waals surface area contributed by atoms with Crippen LogP contribution in [0.1, 0.15) is 18.4 Å². The van der Waals surface area contributed by atoms with Crippen molar-refractivity contribution in [3.8, 4) is 17.6 Å². The molecule has 0 spiro atoms. The van der Waals surface area contributed by atoms with Gasteiger partial charge in [0.25, 0.3) is 0 Å². The molecule has 1 aliphatic carbocycles. The summed E-state index contributed by atoms with van der Waals surface area (Å²) in [5, 5.41) is 0. The zero-order valence-corrected chi connectivity index (χ0v) is 9.00. The highest BCUT2D eigenvalue weighted by Crippen LogP contribution is 2.30. The predicted octanol–water partition coefficient (Wildman–Crippen LogP) is 1.92. The summed E-state index contributed by atoms with van der Waals surface area (Å²) in [4.78, 5) is 0. The van der Waals surface area contributed by atoms with Crippen molar-refractivity contribution in [1.29, 1.82) is 0 Å². The summed E-state index contributed by atoms with van der Waals surface area (Å²) in [6.07, 6.45) is 2.41. The van der Waals surface area contributed by atoms with E-state index >= 15 is 0 Å². The second-order valence-corrected chi connectivity index (χ2v) is 3.90. The third kappa shape index (κ3) is 2.98. The summed E-state index contributed by atoms with van der Waals surface area (Å²) in [7, 11) is 0. The van der Waals surface area contributed by atoms with Crippen LogP contribution in [0.15, 0.2) is 18.2 Å². The SMILES string of the molecule is NCC#Cc1ccc(F)cc1OCC1CC1. The fourth-order valence-electron chi connectivity index (χ4n) is 1.36. The van der Waals surface area contributed by atoms with Crippen LogP contribution in [0.3, 0.4) is 0 Å². The van der Waals surface area contributed by atoms with Crippen LogP contribution in [0.2, 0.25) is 0 Å². The van der Waals surface area contributed by atoms with Crippen LogP contribution < -0.4 is 10.5 Å². The van der Waals surface area contributed by atoms with Crippen molar-refractivity contribution >= 4 is 0 Å². The normalized spacial score (nSPS) is 14.1. The zero-order valence-electron chi connectivity index (χ0n) is 9.00. The highest BCUT2D eigenvalue weighted by atomic mass is 19.1. The average Bonchev–Trinajstić information content (AvgIpc) is 3.09. The molecule has 84 valence electrons. The summed E-state index contributed by atoms with van der Waals surface area (Å²) >= 11 is 0. The van der Waals surface area contributed by atoms with E-state index in [-0.39, 0.29) is 5.82 Å². The zero-order chi connectivity index (χ0) is 11.4. The standard InChI is InChI=1S/C13H14FNO/c14-12-6-5-11(2-1-7-15)13(8-12)16-9-10-3-4-10/h5-6,8,10H,3-4,7,9,15H2. The Bertz CT molecular complexity index is 429. The Labute approximate surface area is 94.6 Å². The molecule has 3 heteroatoms. The van der Waals surface area contributed by atoms with Gasteiger partial charge in [0.15, 0.2) is 0 Å². The van der Waals surface area contributed by atoms with Crippen LogP contribution in [0.4, 0.5) is 4.39 Å². The molecule has 0 bridgehead atoms. The maximum atomic E-state index is 13.1. The molecule has 2 rings (SSSR count). The molecule has 0 aromatic heterocycles. The minimum Gasteiger partial charge on any atom is -0.492 e. The molecule has 2 N–H and O–H groups in total. The molecule has 1 aliphatic rings. The number of halogens is 1. The highest BCUT2D eigenvalue weighted by Gasteiger charge is 2.22. The Balaban J connectivity index is 2.13. The van der Waals surface area contributed by atoms with E-state index < -0.39 is 0 Å². The topological polar surface area (TPSA) is 35.2 Å². The maximum absolute atomic E-state index is 13.1. The molecule has 0 saturated heterocycles. The summed E-state index contributed by atoms with van der Waals surface area (Å²) in [6, 6.07) is 4.38. The summed E-state index contributed by atoms with van der Waals surface area (Å²) in [5.41, 5.74) is 6.00. The first-order valence-electron chi connectivity index (χ1n) is 5.41. The van der Waals surface area contributed by atoms with Crippen LogP contribution in [0, 0.1) is 23.6 Å². The third-order valence-electron chi connectivity index (χ3n) is 2.44. The molecule has 0 amide bonds. The second kappa shape index (κ2) is 5.00. The van der Waals surface area contributed by atoms with Crippen LogP contribution in [-0.4, -0.2) is 13.2 Å². The van der Waals surface area contributed by atoms with E-state index in [0.29, 0.717) is 30.4 Å². The van der Waals surface area contributed by atoms with Crippen molar-refractivity contribution in [2.24, 2.45) is 11.7 Å². The largest absolute Gasteiger partial charge is 0.492 e. The summed E-state index contributed by atoms with van der Waals surface area (Å²) in [6.45, 7) is 0.945. The van der Waals surface area contributed by atoms with Gasteiger partial charge in [-0.2, -0.15) is 0 Å². The molecule has 0 heterocycles. The molecule has 1 fully saturated rings. The molecular formula is C13H14FNO. The van der Waals surface area contributed by atoms with E-state index in [1.165, 1.54) is 25.0 Å². The lowest BCUT2D eigenvalue weighted by atomic mass is 10.2. The molecule has 1 aromatic carbocycles. The predicted molar refractivity (Wildman–Crippen MR) is 60.6 cm³/mol. The van der Waals surface area contributed by atoms with Gasteiger partial charge in [-0.15, -0.1) is 0 Å². The highest BCUT2D eigenvalue weighted by molar-refractivity contribution is 5.46. The third-order valence-corrected chi connectivity index (χ3v) is 2.44. The monoisotopic (exact) mass is 219 g/mol. The van der Waals surface area contributed by atoms with E-state index in [9.17, 15) is 4.39 Å². The Hall–Kier alpha value is -1.53. The molecule has 16 heavy (non-hydrogen) atoms. The van der Waals surface area contributed by atoms with Crippen molar-refractivity contribution in [3.63, 3.8) is 0 Å². The Morgan fingerprint density at radius 3 is 2.94 bits per heavy atom. The number of benzene rings is 1. The lowest BCUT2D eigenvalue weighted by molar-refractivity contribution is 0.297. The molecule has 0 radical (unpaired) electrons. The molecule has 0 atom stereocenters. The molecule has 0 aliphatic heterocycles. The number of hydrogen-bond acceptors (Lipinski definition) is 2. The van der Waals surface area contributed by atoms with Crippen molar-refractivity contribution in [2.45, 2.75) is 12.8 Å². The number of hydrogen-bond donors (Lipinski definition) is 1. The Morgan fingerprint density at radius 2 is 2.25 bits per heavy atom. The van der Waals surface area contributed by atoms with E-state index in [1.807, 2.05) is 0 Å². The van der Waals surface area contributed by atoms with Crippen LogP contribution >= 0.6 is 0 Å². The maximum Gasteiger partial charge on any atom is 0.137 e. The quantitative estimate of drug-likeness (QED) is 0.788. The van der Waals surface area contributed by atoms with Crippen LogP contribution in [-0.2, 0) is 0 Å². The van der Waals surface area contributed by atoms with Gasteiger partial charge in [-0.1, -0.05) is 11.8 Å². The smallest absolute Gasteiger partial charge is 0.137 e. The average molecular weight is 219 g/mol. The van der Waals surface area contributed by atoms with Crippen LogP contribution in [0.25, 0.3) is 0 Å². The van der Waals surface area contributed by atoms with Crippen molar-refractivity contribution in [1.82, 2.24) is 0 Å². The van der Waals surface area contributed by atoms with Gasteiger partial charge >= 0.3 is 0 Å². The molecule has 1 saturated carbocycles. The van der Waals surface area contributed by atoms with Gasteiger partial charge in [0, 0.05) is 6.07 Å². The summed E-state index contributed by atoms with van der Waals surface area (Å²) in [5.74, 6) is 6.48. The minimum atomic E-state index is -0.302. The van der Waals surface area contributed by atoms with E-state index in [2.05, 4.69) is 11.8 Å². The minimum absolute atomic E-state index is 0.291. The number of nitrogens with two attached hydrogens (primary N) is 1. The summed E-state index contributed by atoms with van der Waals surface area (Å²) < 4.78 is 18.6. The van der Waals surface area contributed by atoms with Crippen molar-refractivity contribution < 1.29 is 9.13 Å². The van der Waals surface area contributed by atoms with Crippen LogP contribution in [0.5, 0.6) is 5.75 Å². The first-order chi connectivity index (χ1) is 7.79. The van der Waals surface area contributed by atoms with Gasteiger partial charge in [0.2, 0.25) is 0 Å². The van der Waals surface area contributed by atoms with Gasteiger partial charge in [-0.3, -0.25) is 0 Å².